The molecule has 1 heterocycles. The third-order valence-corrected chi connectivity index (χ3v) is 4.97. The van der Waals surface area contributed by atoms with Crippen LogP contribution >= 0.6 is 11.6 Å². The molecule has 166 valence electrons. The van der Waals surface area contributed by atoms with E-state index >= 15 is 0 Å². The van der Waals surface area contributed by atoms with Gasteiger partial charge in [0.15, 0.2) is 0 Å². The van der Waals surface area contributed by atoms with E-state index < -0.39 is 29.7 Å². The lowest BCUT2D eigenvalue weighted by Gasteiger charge is -2.18. The predicted octanol–water partition coefficient (Wildman–Crippen LogP) is 3.27. The summed E-state index contributed by atoms with van der Waals surface area (Å²) in [6.45, 7) is -0.290. The summed E-state index contributed by atoms with van der Waals surface area (Å²) >= 11 is 5.95. The number of nitrogens with one attached hydrogen (secondary N) is 1. The molecule has 2 amide bonds. The van der Waals surface area contributed by atoms with Gasteiger partial charge in [-0.25, -0.2) is 0 Å². The van der Waals surface area contributed by atoms with E-state index in [2.05, 4.69) is 5.32 Å². The summed E-state index contributed by atoms with van der Waals surface area (Å²) in [5, 5.41) is 13.0. The largest absolute Gasteiger partial charge is 0.491 e. The van der Waals surface area contributed by atoms with Crippen LogP contribution in [0.1, 0.15) is 12.0 Å². The Balaban J connectivity index is 1.47. The zero-order valence-corrected chi connectivity index (χ0v) is 17.0. The minimum Gasteiger partial charge on any atom is -0.491 e. The van der Waals surface area contributed by atoms with Gasteiger partial charge < -0.3 is 20.1 Å². The molecule has 31 heavy (non-hydrogen) atoms. The van der Waals surface area contributed by atoms with Gasteiger partial charge in [0.1, 0.15) is 18.5 Å². The number of nitrogens with zero attached hydrogens (tertiary/aromatic N) is 1. The number of aliphatic hydroxyl groups excluding tert-OH is 1. The number of carbonyl (C=O) groups excluding carboxylic acids is 2. The number of anilines is 1. The van der Waals surface area contributed by atoms with Gasteiger partial charge in [-0.3, -0.25) is 9.59 Å². The zero-order valence-electron chi connectivity index (χ0n) is 16.2. The number of carbonyl (C=O) groups is 2. The zero-order chi connectivity index (χ0) is 22.6. The second kappa shape index (κ2) is 9.57. The molecule has 0 saturated carbocycles. The van der Waals surface area contributed by atoms with Gasteiger partial charge in [-0.2, -0.15) is 13.2 Å². The summed E-state index contributed by atoms with van der Waals surface area (Å²) in [7, 11) is 0. The molecule has 2 N–H and O–H groups in total. The second-order valence-electron chi connectivity index (χ2n) is 7.12. The minimum atomic E-state index is -4.50. The maximum atomic E-state index is 12.7. The van der Waals surface area contributed by atoms with Crippen LogP contribution in [0, 0.1) is 5.92 Å². The molecule has 3 rings (SSSR count). The number of alkyl halides is 3. The standard InChI is InChI=1S/C21H20ClF3N2O4/c22-15-4-2-5-16(9-15)27-11-13(7-19(27)29)20(30)26-10-17(28)12-31-18-6-1-3-14(8-18)21(23,24)25/h1-6,8-9,13,17,28H,7,10-12H2,(H,26,30). The summed E-state index contributed by atoms with van der Waals surface area (Å²) in [4.78, 5) is 26.1. The van der Waals surface area contributed by atoms with Crippen LogP contribution < -0.4 is 15.0 Å². The molecular formula is C21H20ClF3N2O4. The highest BCUT2D eigenvalue weighted by atomic mass is 35.5. The Labute approximate surface area is 181 Å². The molecule has 10 heteroatoms. The van der Waals surface area contributed by atoms with Crippen molar-refractivity contribution in [3.8, 4) is 5.75 Å². The van der Waals surface area contributed by atoms with Crippen LogP contribution in [-0.2, 0) is 15.8 Å². The van der Waals surface area contributed by atoms with Crippen molar-refractivity contribution in [3.05, 3.63) is 59.1 Å². The lowest BCUT2D eigenvalue weighted by Crippen LogP contribution is -2.39. The molecule has 2 aromatic rings. The third-order valence-electron chi connectivity index (χ3n) is 4.73. The van der Waals surface area contributed by atoms with Crippen molar-refractivity contribution in [2.45, 2.75) is 18.7 Å². The Morgan fingerprint density at radius 3 is 2.71 bits per heavy atom. The summed E-state index contributed by atoms with van der Waals surface area (Å²) in [6, 6.07) is 11.0. The number of aliphatic hydroxyl groups is 1. The van der Waals surface area contributed by atoms with Crippen LogP contribution in [-0.4, -0.2) is 42.7 Å². The highest BCUT2D eigenvalue weighted by Crippen LogP contribution is 2.31. The second-order valence-corrected chi connectivity index (χ2v) is 7.56. The van der Waals surface area contributed by atoms with Crippen LogP contribution in [0.15, 0.2) is 48.5 Å². The lowest BCUT2D eigenvalue weighted by molar-refractivity contribution is -0.137. The van der Waals surface area contributed by atoms with Gasteiger partial charge in [0.05, 0.1) is 11.5 Å². The van der Waals surface area contributed by atoms with E-state index in [1.165, 1.54) is 17.0 Å². The van der Waals surface area contributed by atoms with E-state index in [1.54, 1.807) is 24.3 Å². The first kappa shape index (κ1) is 22.9. The van der Waals surface area contributed by atoms with E-state index in [0.717, 1.165) is 12.1 Å². The fraction of sp³-hybridized carbons (Fsp3) is 0.333. The van der Waals surface area contributed by atoms with E-state index in [4.69, 9.17) is 16.3 Å². The fourth-order valence-corrected chi connectivity index (χ4v) is 3.34. The number of rotatable bonds is 7. The number of hydrogen-bond acceptors (Lipinski definition) is 4. The van der Waals surface area contributed by atoms with Gasteiger partial charge in [-0.1, -0.05) is 23.7 Å². The molecule has 1 saturated heterocycles. The molecule has 0 radical (unpaired) electrons. The molecule has 2 unspecified atom stereocenters. The summed E-state index contributed by atoms with van der Waals surface area (Å²) < 4.78 is 43.4. The fourth-order valence-electron chi connectivity index (χ4n) is 3.15. The maximum Gasteiger partial charge on any atom is 0.416 e. The van der Waals surface area contributed by atoms with Crippen molar-refractivity contribution in [1.29, 1.82) is 0 Å². The first-order chi connectivity index (χ1) is 14.6. The van der Waals surface area contributed by atoms with Crippen LogP contribution in [0.2, 0.25) is 5.02 Å². The molecule has 2 aromatic carbocycles. The van der Waals surface area contributed by atoms with Crippen molar-refractivity contribution < 1.29 is 32.6 Å². The Morgan fingerprint density at radius 1 is 1.26 bits per heavy atom. The van der Waals surface area contributed by atoms with Crippen molar-refractivity contribution in [2.24, 2.45) is 5.92 Å². The lowest BCUT2D eigenvalue weighted by atomic mass is 10.1. The monoisotopic (exact) mass is 456 g/mol. The quantitative estimate of drug-likeness (QED) is 0.670. The van der Waals surface area contributed by atoms with Gasteiger partial charge in [-0.05, 0) is 36.4 Å². The molecule has 0 aromatic heterocycles. The predicted molar refractivity (Wildman–Crippen MR) is 108 cm³/mol. The first-order valence-corrected chi connectivity index (χ1v) is 9.83. The van der Waals surface area contributed by atoms with Gasteiger partial charge in [0.25, 0.3) is 0 Å². The van der Waals surface area contributed by atoms with Crippen molar-refractivity contribution in [1.82, 2.24) is 5.32 Å². The summed E-state index contributed by atoms with van der Waals surface area (Å²) in [5.41, 5.74) is -0.259. The van der Waals surface area contributed by atoms with Crippen LogP contribution in [0.25, 0.3) is 0 Å². The molecule has 2 atom stereocenters. The van der Waals surface area contributed by atoms with Crippen LogP contribution in [0.4, 0.5) is 18.9 Å². The highest BCUT2D eigenvalue weighted by molar-refractivity contribution is 6.31. The molecule has 0 spiro atoms. The Bertz CT molecular complexity index is 954. The van der Waals surface area contributed by atoms with Crippen molar-refractivity contribution in [3.63, 3.8) is 0 Å². The first-order valence-electron chi connectivity index (χ1n) is 9.45. The van der Waals surface area contributed by atoms with E-state index in [1.807, 2.05) is 0 Å². The molecule has 0 bridgehead atoms. The Morgan fingerprint density at radius 2 is 2.00 bits per heavy atom. The Hall–Kier alpha value is -2.78. The molecule has 1 fully saturated rings. The maximum absolute atomic E-state index is 12.7. The molecule has 1 aliphatic heterocycles. The van der Waals surface area contributed by atoms with Gasteiger partial charge in [-0.15, -0.1) is 0 Å². The topological polar surface area (TPSA) is 78.9 Å². The number of benzene rings is 2. The molecule has 6 nitrogen and oxygen atoms in total. The number of ether oxygens (including phenoxy) is 1. The van der Waals surface area contributed by atoms with Gasteiger partial charge in [0, 0.05) is 30.2 Å². The molecule has 1 aliphatic rings. The number of hydrogen-bond donors (Lipinski definition) is 2. The van der Waals surface area contributed by atoms with E-state index in [0.29, 0.717) is 10.7 Å². The van der Waals surface area contributed by atoms with E-state index in [-0.39, 0.29) is 37.8 Å². The minimum absolute atomic E-state index is 0.0230. The van der Waals surface area contributed by atoms with Gasteiger partial charge >= 0.3 is 6.18 Å². The smallest absolute Gasteiger partial charge is 0.416 e. The van der Waals surface area contributed by atoms with Crippen molar-refractivity contribution >= 4 is 29.1 Å². The highest BCUT2D eigenvalue weighted by Gasteiger charge is 2.35. The summed E-state index contributed by atoms with van der Waals surface area (Å²) in [5.74, 6) is -1.26. The number of amides is 2. The number of halogens is 4. The average molecular weight is 457 g/mol. The summed E-state index contributed by atoms with van der Waals surface area (Å²) in [6.07, 6.45) is -5.61. The van der Waals surface area contributed by atoms with Crippen molar-refractivity contribution in [2.75, 3.05) is 24.6 Å². The van der Waals surface area contributed by atoms with Crippen LogP contribution in [0.5, 0.6) is 5.75 Å². The van der Waals surface area contributed by atoms with Gasteiger partial charge in [0.2, 0.25) is 11.8 Å². The van der Waals surface area contributed by atoms with Crippen LogP contribution in [0.3, 0.4) is 0 Å². The normalized spacial score (nSPS) is 17.5. The molecular weight excluding hydrogens is 437 g/mol. The third kappa shape index (κ3) is 6.11. The SMILES string of the molecule is O=C(NCC(O)COc1cccc(C(F)(F)F)c1)C1CC(=O)N(c2cccc(Cl)c2)C1. The Kier molecular flexibility index (Phi) is 7.07. The molecule has 0 aliphatic carbocycles. The van der Waals surface area contributed by atoms with E-state index in [9.17, 15) is 27.9 Å². The average Bonchev–Trinajstić information content (AvgIpc) is 3.12.